The van der Waals surface area contributed by atoms with Crippen molar-refractivity contribution in [3.8, 4) is 0 Å². The molecule has 1 aromatic rings. The molecule has 1 aliphatic rings. The molecule has 3 N–H and O–H groups in total. The van der Waals surface area contributed by atoms with Gasteiger partial charge >= 0.3 is 0 Å². The summed E-state index contributed by atoms with van der Waals surface area (Å²) in [4.78, 5) is 34.0. The lowest BCUT2D eigenvalue weighted by Gasteiger charge is -2.33. The topological polar surface area (TPSA) is 89.3 Å². The van der Waals surface area contributed by atoms with Crippen LogP contribution in [0.4, 0.5) is 5.69 Å². The highest BCUT2D eigenvalue weighted by Gasteiger charge is 2.43. The van der Waals surface area contributed by atoms with Crippen LogP contribution in [0.5, 0.6) is 0 Å². The summed E-state index contributed by atoms with van der Waals surface area (Å²) in [7, 11) is 1.79. The van der Waals surface area contributed by atoms with E-state index >= 15 is 0 Å². The molecule has 0 aromatic heterocycles. The molecule has 1 aromatic carbocycles. The first kappa shape index (κ1) is 13.3. The van der Waals surface area contributed by atoms with Gasteiger partial charge in [-0.2, -0.15) is 0 Å². The molecule has 5 nitrogen and oxygen atoms in total. The minimum atomic E-state index is -0.600. The number of nitrogens with one attached hydrogen (secondary N) is 1. The second kappa shape index (κ2) is 5.22. The van der Waals surface area contributed by atoms with Gasteiger partial charge in [-0.3, -0.25) is 9.59 Å². The molecule has 0 bridgehead atoms. The smallest absolute Gasteiger partial charge is 0.221 e. The van der Waals surface area contributed by atoms with Crippen molar-refractivity contribution in [3.63, 3.8) is 0 Å². The largest absolute Gasteiger partial charge is 0.388 e. The molecule has 5 heteroatoms. The van der Waals surface area contributed by atoms with E-state index in [0.29, 0.717) is 12.0 Å². The molecule has 1 aliphatic carbocycles. The van der Waals surface area contributed by atoms with E-state index in [9.17, 15) is 14.4 Å². The molecule has 2 atom stereocenters. The van der Waals surface area contributed by atoms with Crippen molar-refractivity contribution in [3.05, 3.63) is 29.3 Å². The number of anilines is 1. The van der Waals surface area contributed by atoms with Crippen LogP contribution >= 0.6 is 0 Å². The lowest BCUT2D eigenvalue weighted by molar-refractivity contribution is -0.122. The SMILES string of the molecule is CNc1ccc2c(c1)[C@H](C(CCC=O)C(N)=O)C2=O. The van der Waals surface area contributed by atoms with Gasteiger partial charge in [0.05, 0.1) is 11.8 Å². The van der Waals surface area contributed by atoms with Gasteiger partial charge in [0.15, 0.2) is 5.78 Å². The Hall–Kier alpha value is -2.17. The maximum Gasteiger partial charge on any atom is 0.221 e. The highest BCUT2D eigenvalue weighted by molar-refractivity contribution is 6.12. The molecule has 1 unspecified atom stereocenters. The van der Waals surface area contributed by atoms with Gasteiger partial charge in [0.2, 0.25) is 5.91 Å². The summed E-state index contributed by atoms with van der Waals surface area (Å²) in [5.41, 5.74) is 7.72. The van der Waals surface area contributed by atoms with Crippen molar-refractivity contribution >= 4 is 23.7 Å². The van der Waals surface area contributed by atoms with E-state index in [1.54, 1.807) is 13.1 Å². The number of rotatable bonds is 6. The van der Waals surface area contributed by atoms with E-state index in [2.05, 4.69) is 5.32 Å². The van der Waals surface area contributed by atoms with Crippen molar-refractivity contribution in [2.24, 2.45) is 11.7 Å². The number of primary amides is 1. The lowest BCUT2D eigenvalue weighted by Crippen LogP contribution is -2.39. The summed E-state index contributed by atoms with van der Waals surface area (Å²) in [5.74, 6) is -1.69. The summed E-state index contributed by atoms with van der Waals surface area (Å²) >= 11 is 0. The molecule has 100 valence electrons. The standard InChI is InChI=1S/C14H16N2O3/c1-16-8-4-5-9-11(7-8)12(13(9)18)10(14(15)19)3-2-6-17/h4-7,10,12,16H,2-3H2,1H3,(H2,15,19)/t10?,12-/m0/s1. The summed E-state index contributed by atoms with van der Waals surface area (Å²) in [5, 5.41) is 2.99. The van der Waals surface area contributed by atoms with Crippen molar-refractivity contribution < 1.29 is 14.4 Å². The molecular weight excluding hydrogens is 244 g/mol. The van der Waals surface area contributed by atoms with Crippen molar-refractivity contribution in [1.29, 1.82) is 0 Å². The molecular formula is C14H16N2O3. The minimum absolute atomic E-state index is 0.0626. The van der Waals surface area contributed by atoms with Gasteiger partial charge in [0, 0.05) is 24.7 Å². The van der Waals surface area contributed by atoms with Gasteiger partial charge < -0.3 is 15.8 Å². The van der Waals surface area contributed by atoms with Crippen LogP contribution in [0.3, 0.4) is 0 Å². The van der Waals surface area contributed by atoms with Crippen LogP contribution in [0.15, 0.2) is 18.2 Å². The first-order valence-electron chi connectivity index (χ1n) is 6.19. The predicted molar refractivity (Wildman–Crippen MR) is 71.0 cm³/mol. The van der Waals surface area contributed by atoms with Crippen LogP contribution in [-0.4, -0.2) is 25.0 Å². The fourth-order valence-corrected chi connectivity index (χ4v) is 2.55. The molecule has 2 rings (SSSR count). The summed E-state index contributed by atoms with van der Waals surface area (Å²) in [6, 6.07) is 5.42. The van der Waals surface area contributed by atoms with Crippen LogP contribution in [0.2, 0.25) is 0 Å². The van der Waals surface area contributed by atoms with E-state index in [4.69, 9.17) is 5.73 Å². The molecule has 0 heterocycles. The Balaban J connectivity index is 2.30. The number of hydrogen-bond donors (Lipinski definition) is 2. The second-order valence-corrected chi connectivity index (χ2v) is 4.65. The zero-order valence-corrected chi connectivity index (χ0v) is 10.7. The average Bonchev–Trinajstić information content (AvgIpc) is 2.41. The number of amides is 1. The van der Waals surface area contributed by atoms with Gasteiger partial charge in [-0.15, -0.1) is 0 Å². The highest BCUT2D eigenvalue weighted by atomic mass is 16.1. The van der Waals surface area contributed by atoms with Gasteiger partial charge in [0.1, 0.15) is 6.29 Å². The van der Waals surface area contributed by atoms with Crippen molar-refractivity contribution in [2.45, 2.75) is 18.8 Å². The average molecular weight is 260 g/mol. The van der Waals surface area contributed by atoms with Gasteiger partial charge in [-0.05, 0) is 30.2 Å². The first-order chi connectivity index (χ1) is 9.10. The lowest BCUT2D eigenvalue weighted by atomic mass is 9.68. The normalized spacial score (nSPS) is 18.2. The fraction of sp³-hybridized carbons (Fsp3) is 0.357. The summed E-state index contributed by atoms with van der Waals surface area (Å²) < 4.78 is 0. The van der Waals surface area contributed by atoms with Gasteiger partial charge in [-0.25, -0.2) is 0 Å². The number of ketones is 1. The van der Waals surface area contributed by atoms with Crippen molar-refractivity contribution in [1.82, 2.24) is 0 Å². The molecule has 1 amide bonds. The number of carbonyl (C=O) groups is 3. The van der Waals surface area contributed by atoms with Gasteiger partial charge in [0.25, 0.3) is 0 Å². The number of carbonyl (C=O) groups excluding carboxylic acids is 3. The molecule has 0 saturated carbocycles. The fourth-order valence-electron chi connectivity index (χ4n) is 2.55. The molecule has 19 heavy (non-hydrogen) atoms. The molecule has 0 saturated heterocycles. The van der Waals surface area contributed by atoms with E-state index < -0.39 is 17.7 Å². The number of benzene rings is 1. The Bertz CT molecular complexity index is 539. The number of Topliss-reactive ketones (excluding diaryl/α,β-unsaturated/α-hetero) is 1. The van der Waals surface area contributed by atoms with Crippen LogP contribution in [0, 0.1) is 5.92 Å². The van der Waals surface area contributed by atoms with Crippen LogP contribution in [-0.2, 0) is 9.59 Å². The molecule has 0 spiro atoms. The van der Waals surface area contributed by atoms with E-state index in [-0.39, 0.29) is 12.2 Å². The Morgan fingerprint density at radius 2 is 2.26 bits per heavy atom. The third-order valence-corrected chi connectivity index (χ3v) is 3.59. The zero-order chi connectivity index (χ0) is 14.0. The number of fused-ring (bicyclic) bond motifs is 1. The minimum Gasteiger partial charge on any atom is -0.388 e. The summed E-state index contributed by atoms with van der Waals surface area (Å²) in [6.45, 7) is 0. The van der Waals surface area contributed by atoms with Gasteiger partial charge in [-0.1, -0.05) is 0 Å². The zero-order valence-electron chi connectivity index (χ0n) is 10.7. The Morgan fingerprint density at radius 1 is 1.53 bits per heavy atom. The first-order valence-corrected chi connectivity index (χ1v) is 6.19. The van der Waals surface area contributed by atoms with E-state index in [1.807, 2.05) is 12.1 Å². The third kappa shape index (κ3) is 2.23. The van der Waals surface area contributed by atoms with Crippen LogP contribution in [0.25, 0.3) is 0 Å². The van der Waals surface area contributed by atoms with Crippen LogP contribution < -0.4 is 11.1 Å². The Labute approximate surface area is 111 Å². The Morgan fingerprint density at radius 3 is 2.84 bits per heavy atom. The monoisotopic (exact) mass is 260 g/mol. The number of aldehydes is 1. The quantitative estimate of drug-likeness (QED) is 0.749. The third-order valence-electron chi connectivity index (χ3n) is 3.59. The van der Waals surface area contributed by atoms with Crippen LogP contribution in [0.1, 0.15) is 34.7 Å². The predicted octanol–water partition coefficient (Wildman–Crippen LogP) is 1.09. The number of nitrogens with two attached hydrogens (primary N) is 1. The molecule has 0 radical (unpaired) electrons. The summed E-state index contributed by atoms with van der Waals surface area (Å²) in [6.07, 6.45) is 1.29. The van der Waals surface area contributed by atoms with Crippen molar-refractivity contribution in [2.75, 3.05) is 12.4 Å². The maximum absolute atomic E-state index is 12.0. The Kier molecular flexibility index (Phi) is 3.64. The second-order valence-electron chi connectivity index (χ2n) is 4.65. The molecule has 0 aliphatic heterocycles. The maximum atomic E-state index is 12.0. The highest BCUT2D eigenvalue weighted by Crippen LogP contribution is 2.43. The van der Waals surface area contributed by atoms with E-state index in [1.165, 1.54) is 0 Å². The van der Waals surface area contributed by atoms with E-state index in [0.717, 1.165) is 17.5 Å². The molecule has 0 fully saturated rings. The number of hydrogen-bond acceptors (Lipinski definition) is 4.